The van der Waals surface area contributed by atoms with Gasteiger partial charge in [0.2, 0.25) is 5.28 Å². The van der Waals surface area contributed by atoms with Crippen molar-refractivity contribution in [3.8, 4) is 5.75 Å². The zero-order chi connectivity index (χ0) is 12.4. The number of hydrogen-bond donors (Lipinski definition) is 0. The third kappa shape index (κ3) is 2.41. The lowest BCUT2D eigenvalue weighted by Gasteiger charge is -2.23. The van der Waals surface area contributed by atoms with Crippen molar-refractivity contribution in [2.75, 3.05) is 0 Å². The number of ether oxygens (including phenoxy) is 1. The highest BCUT2D eigenvalue weighted by Crippen LogP contribution is 2.28. The number of para-hydroxylation sites is 1. The molecule has 4 heteroatoms. The van der Waals surface area contributed by atoms with Gasteiger partial charge in [-0.25, -0.2) is 9.97 Å². The summed E-state index contributed by atoms with van der Waals surface area (Å²) in [5, 5.41) is 1.23. The van der Waals surface area contributed by atoms with E-state index in [9.17, 15) is 0 Å². The Morgan fingerprint density at radius 1 is 1.17 bits per heavy atom. The predicted octanol–water partition coefficient (Wildman–Crippen LogP) is 3.99. The SMILES string of the molecule is Clc1ncc2cccc(OC3CCCCC3)c2n1. The standard InChI is InChI=1S/C14H15ClN2O/c15-14-16-9-10-5-4-8-12(13(10)17-14)18-11-6-2-1-3-7-11/h4-5,8-9,11H,1-3,6-7H2. The summed E-state index contributed by atoms with van der Waals surface area (Å²) in [7, 11) is 0. The third-order valence-corrected chi connectivity index (χ3v) is 3.57. The molecule has 1 aliphatic rings. The van der Waals surface area contributed by atoms with Crippen molar-refractivity contribution >= 4 is 22.5 Å². The molecule has 0 N–H and O–H groups in total. The highest BCUT2D eigenvalue weighted by Gasteiger charge is 2.16. The lowest BCUT2D eigenvalue weighted by molar-refractivity contribution is 0.157. The highest BCUT2D eigenvalue weighted by atomic mass is 35.5. The third-order valence-electron chi connectivity index (χ3n) is 3.39. The van der Waals surface area contributed by atoms with Crippen LogP contribution in [0.5, 0.6) is 5.75 Å². The van der Waals surface area contributed by atoms with Gasteiger partial charge >= 0.3 is 0 Å². The van der Waals surface area contributed by atoms with Gasteiger partial charge in [0.25, 0.3) is 0 Å². The van der Waals surface area contributed by atoms with E-state index in [1.165, 1.54) is 19.3 Å². The first-order valence-electron chi connectivity index (χ1n) is 6.41. The Morgan fingerprint density at radius 3 is 2.83 bits per heavy atom. The fraction of sp³-hybridized carbons (Fsp3) is 0.429. The number of benzene rings is 1. The second-order valence-corrected chi connectivity index (χ2v) is 5.05. The number of rotatable bonds is 2. The number of fused-ring (bicyclic) bond motifs is 1. The molecular formula is C14H15ClN2O. The summed E-state index contributed by atoms with van der Waals surface area (Å²) in [6.45, 7) is 0. The second-order valence-electron chi connectivity index (χ2n) is 4.71. The van der Waals surface area contributed by atoms with Crippen molar-refractivity contribution in [2.45, 2.75) is 38.2 Å². The van der Waals surface area contributed by atoms with Crippen molar-refractivity contribution in [3.63, 3.8) is 0 Å². The summed E-state index contributed by atoms with van der Waals surface area (Å²) in [6, 6.07) is 5.90. The molecule has 0 radical (unpaired) electrons. The quantitative estimate of drug-likeness (QED) is 0.768. The van der Waals surface area contributed by atoms with Crippen molar-refractivity contribution in [2.24, 2.45) is 0 Å². The topological polar surface area (TPSA) is 35.0 Å². The summed E-state index contributed by atoms with van der Waals surface area (Å²) < 4.78 is 6.07. The molecule has 1 heterocycles. The minimum Gasteiger partial charge on any atom is -0.488 e. The Balaban J connectivity index is 1.92. The van der Waals surface area contributed by atoms with Crippen LogP contribution in [0.1, 0.15) is 32.1 Å². The van der Waals surface area contributed by atoms with Crippen LogP contribution in [0.4, 0.5) is 0 Å². The lowest BCUT2D eigenvalue weighted by Crippen LogP contribution is -2.19. The van der Waals surface area contributed by atoms with Crippen LogP contribution in [0.3, 0.4) is 0 Å². The zero-order valence-electron chi connectivity index (χ0n) is 10.1. The van der Waals surface area contributed by atoms with Crippen LogP contribution in [-0.4, -0.2) is 16.1 Å². The smallest absolute Gasteiger partial charge is 0.223 e. The van der Waals surface area contributed by atoms with E-state index in [0.29, 0.717) is 6.10 Å². The van der Waals surface area contributed by atoms with Crippen molar-refractivity contribution in [1.29, 1.82) is 0 Å². The van der Waals surface area contributed by atoms with E-state index in [2.05, 4.69) is 9.97 Å². The van der Waals surface area contributed by atoms with Gasteiger partial charge in [-0.15, -0.1) is 0 Å². The molecule has 1 aromatic heterocycles. The molecule has 1 saturated carbocycles. The maximum absolute atomic E-state index is 6.07. The Bertz CT molecular complexity index is 552. The Kier molecular flexibility index (Phi) is 3.33. The fourth-order valence-corrected chi connectivity index (χ4v) is 2.60. The molecule has 2 aromatic rings. The van der Waals surface area contributed by atoms with Crippen LogP contribution >= 0.6 is 11.6 Å². The highest BCUT2D eigenvalue weighted by molar-refractivity contribution is 6.28. The summed E-state index contributed by atoms with van der Waals surface area (Å²) in [5.41, 5.74) is 0.808. The molecule has 3 nitrogen and oxygen atoms in total. The van der Waals surface area contributed by atoms with Gasteiger partial charge in [-0.05, 0) is 43.4 Å². The minimum atomic E-state index is 0.266. The largest absolute Gasteiger partial charge is 0.488 e. The van der Waals surface area contributed by atoms with E-state index < -0.39 is 0 Å². The van der Waals surface area contributed by atoms with E-state index in [1.807, 2.05) is 18.2 Å². The molecule has 94 valence electrons. The maximum Gasteiger partial charge on any atom is 0.223 e. The first kappa shape index (κ1) is 11.7. The predicted molar refractivity (Wildman–Crippen MR) is 72.0 cm³/mol. The van der Waals surface area contributed by atoms with Gasteiger partial charge in [-0.1, -0.05) is 18.6 Å². The monoisotopic (exact) mass is 262 g/mol. The number of halogens is 1. The van der Waals surface area contributed by atoms with Crippen LogP contribution < -0.4 is 4.74 Å². The van der Waals surface area contributed by atoms with Crippen LogP contribution in [0.2, 0.25) is 5.28 Å². The number of aromatic nitrogens is 2. The van der Waals surface area contributed by atoms with E-state index in [0.717, 1.165) is 29.5 Å². The minimum absolute atomic E-state index is 0.266. The fourth-order valence-electron chi connectivity index (χ4n) is 2.46. The van der Waals surface area contributed by atoms with Crippen LogP contribution in [0, 0.1) is 0 Å². The number of hydrogen-bond acceptors (Lipinski definition) is 3. The van der Waals surface area contributed by atoms with Crippen molar-refractivity contribution in [3.05, 3.63) is 29.7 Å². The summed E-state index contributed by atoms with van der Waals surface area (Å²) in [5.74, 6) is 0.823. The van der Waals surface area contributed by atoms with Crippen molar-refractivity contribution in [1.82, 2.24) is 9.97 Å². The maximum atomic E-state index is 6.07. The molecule has 1 aliphatic carbocycles. The van der Waals surface area contributed by atoms with Crippen LogP contribution in [-0.2, 0) is 0 Å². The van der Waals surface area contributed by atoms with Gasteiger partial charge in [-0.2, -0.15) is 0 Å². The molecule has 18 heavy (non-hydrogen) atoms. The average molecular weight is 263 g/mol. The molecule has 0 spiro atoms. The number of nitrogens with zero attached hydrogens (tertiary/aromatic N) is 2. The molecular weight excluding hydrogens is 248 g/mol. The average Bonchev–Trinajstić information content (AvgIpc) is 2.41. The van der Waals surface area contributed by atoms with Crippen LogP contribution in [0.15, 0.2) is 24.4 Å². The van der Waals surface area contributed by atoms with Gasteiger partial charge in [0.1, 0.15) is 11.3 Å². The normalized spacial score (nSPS) is 16.9. The molecule has 1 fully saturated rings. The lowest BCUT2D eigenvalue weighted by atomic mass is 9.98. The summed E-state index contributed by atoms with van der Waals surface area (Å²) in [4.78, 5) is 8.26. The molecule has 0 unspecified atom stereocenters. The van der Waals surface area contributed by atoms with Crippen molar-refractivity contribution < 1.29 is 4.74 Å². The van der Waals surface area contributed by atoms with Gasteiger partial charge in [-0.3, -0.25) is 0 Å². The molecule has 0 saturated heterocycles. The second kappa shape index (κ2) is 5.11. The van der Waals surface area contributed by atoms with E-state index in [1.54, 1.807) is 6.20 Å². The first-order valence-corrected chi connectivity index (χ1v) is 6.78. The zero-order valence-corrected chi connectivity index (χ0v) is 10.9. The van der Waals surface area contributed by atoms with Gasteiger partial charge in [0.15, 0.2) is 0 Å². The summed E-state index contributed by atoms with van der Waals surface area (Å²) in [6.07, 6.45) is 8.15. The molecule has 1 aromatic carbocycles. The van der Waals surface area contributed by atoms with E-state index >= 15 is 0 Å². The Hall–Kier alpha value is -1.35. The van der Waals surface area contributed by atoms with Gasteiger partial charge < -0.3 is 4.74 Å². The molecule has 3 rings (SSSR count). The molecule has 0 bridgehead atoms. The summed E-state index contributed by atoms with van der Waals surface area (Å²) >= 11 is 5.86. The Morgan fingerprint density at radius 2 is 2.00 bits per heavy atom. The van der Waals surface area contributed by atoms with Crippen LogP contribution in [0.25, 0.3) is 10.9 Å². The first-order chi connectivity index (χ1) is 8.83. The Labute approximate surface area is 111 Å². The van der Waals surface area contributed by atoms with Gasteiger partial charge in [0.05, 0.1) is 6.10 Å². The molecule has 0 atom stereocenters. The van der Waals surface area contributed by atoms with E-state index in [-0.39, 0.29) is 5.28 Å². The van der Waals surface area contributed by atoms with Gasteiger partial charge in [0, 0.05) is 11.6 Å². The molecule has 0 amide bonds. The molecule has 0 aliphatic heterocycles. The van der Waals surface area contributed by atoms with E-state index in [4.69, 9.17) is 16.3 Å².